The average Bonchev–Trinajstić information content (AvgIpc) is 2.28. The van der Waals surface area contributed by atoms with E-state index in [1.165, 1.54) is 16.8 Å². The Bertz CT molecular complexity index is 461. The quantitative estimate of drug-likeness (QED) is 0.695. The number of rotatable bonds is 1. The van der Waals surface area contributed by atoms with Crippen LogP contribution in [0.25, 0.3) is 0 Å². The van der Waals surface area contributed by atoms with E-state index < -0.39 is 0 Å². The van der Waals surface area contributed by atoms with Crippen LogP contribution < -0.4 is 4.90 Å². The highest BCUT2D eigenvalue weighted by Gasteiger charge is 2.21. The van der Waals surface area contributed by atoms with Gasteiger partial charge in [0, 0.05) is 18.4 Å². The van der Waals surface area contributed by atoms with E-state index in [0.717, 1.165) is 6.54 Å². The summed E-state index contributed by atoms with van der Waals surface area (Å²) in [6.07, 6.45) is 8.56. The summed E-state index contributed by atoms with van der Waals surface area (Å²) in [4.78, 5) is 2.33. The second-order valence-corrected chi connectivity index (χ2v) is 5.64. The first-order valence-electron chi connectivity index (χ1n) is 6.20. The van der Waals surface area contributed by atoms with Gasteiger partial charge in [0.2, 0.25) is 0 Å². The molecule has 0 saturated carbocycles. The molecule has 0 aromatic heterocycles. The first-order valence-corrected chi connectivity index (χ1v) is 6.20. The van der Waals surface area contributed by atoms with Crippen LogP contribution in [0, 0.1) is 6.92 Å². The van der Waals surface area contributed by atoms with E-state index in [4.69, 9.17) is 0 Å². The summed E-state index contributed by atoms with van der Waals surface area (Å²) < 4.78 is 0. The van der Waals surface area contributed by atoms with Gasteiger partial charge < -0.3 is 4.90 Å². The summed E-state index contributed by atoms with van der Waals surface area (Å²) in [5.74, 6) is 0. The lowest BCUT2D eigenvalue weighted by atomic mass is 9.84. The summed E-state index contributed by atoms with van der Waals surface area (Å²) >= 11 is 0. The first kappa shape index (κ1) is 12.0. The Morgan fingerprint density at radius 3 is 2.47 bits per heavy atom. The van der Waals surface area contributed by atoms with Crippen molar-refractivity contribution in [2.45, 2.75) is 33.1 Å². The fraction of sp³-hybridized carbons (Fsp3) is 0.375. The minimum atomic E-state index is 0.177. The second-order valence-electron chi connectivity index (χ2n) is 5.64. The third-order valence-corrected chi connectivity index (χ3v) is 3.15. The molecule has 1 aromatic carbocycles. The van der Waals surface area contributed by atoms with Gasteiger partial charge in [0.25, 0.3) is 0 Å². The normalized spacial score (nSPS) is 15.4. The van der Waals surface area contributed by atoms with Crippen LogP contribution in [0.1, 0.15) is 31.9 Å². The number of hydrogen-bond donors (Lipinski definition) is 0. The Hall–Kier alpha value is -1.50. The molecule has 0 bridgehead atoms. The fourth-order valence-electron chi connectivity index (χ4n) is 2.28. The van der Waals surface area contributed by atoms with Crippen molar-refractivity contribution in [3.8, 4) is 0 Å². The van der Waals surface area contributed by atoms with Crippen molar-refractivity contribution in [3.63, 3.8) is 0 Å². The molecule has 17 heavy (non-hydrogen) atoms. The molecule has 0 fully saturated rings. The van der Waals surface area contributed by atoms with E-state index in [-0.39, 0.29) is 5.41 Å². The first-order chi connectivity index (χ1) is 8.00. The predicted octanol–water partition coefficient (Wildman–Crippen LogP) is 4.18. The number of hydrogen-bond acceptors (Lipinski definition) is 1. The molecule has 1 nitrogen and oxygen atoms in total. The van der Waals surface area contributed by atoms with E-state index in [9.17, 15) is 0 Å². The van der Waals surface area contributed by atoms with E-state index in [1.54, 1.807) is 0 Å². The zero-order valence-corrected chi connectivity index (χ0v) is 11.2. The standard InChI is InChI=1S/C16H21N/c1-13-9-8-10-14(16(2,3)4)15(13)17-11-6-5-7-12-17/h5-11H,12H2,1-4H3. The van der Waals surface area contributed by atoms with Crippen LogP contribution in [0.2, 0.25) is 0 Å². The molecule has 0 N–H and O–H groups in total. The number of anilines is 1. The van der Waals surface area contributed by atoms with Crippen molar-refractivity contribution in [1.82, 2.24) is 0 Å². The molecule has 0 radical (unpaired) electrons. The van der Waals surface area contributed by atoms with Crippen molar-refractivity contribution in [2.24, 2.45) is 0 Å². The molecule has 2 rings (SSSR count). The molecule has 1 heterocycles. The highest BCUT2D eigenvalue weighted by atomic mass is 15.1. The van der Waals surface area contributed by atoms with Gasteiger partial charge in [-0.2, -0.15) is 0 Å². The van der Waals surface area contributed by atoms with Gasteiger partial charge in [0.05, 0.1) is 0 Å². The molecule has 1 aromatic rings. The number of nitrogens with zero attached hydrogens (tertiary/aromatic N) is 1. The topological polar surface area (TPSA) is 3.24 Å². The molecular formula is C16H21N. The second kappa shape index (κ2) is 4.40. The third-order valence-electron chi connectivity index (χ3n) is 3.15. The Kier molecular flexibility index (Phi) is 3.10. The van der Waals surface area contributed by atoms with Gasteiger partial charge in [-0.1, -0.05) is 51.1 Å². The molecule has 90 valence electrons. The maximum absolute atomic E-state index is 2.33. The van der Waals surface area contributed by atoms with E-state index in [0.29, 0.717) is 0 Å². The molecule has 0 atom stereocenters. The van der Waals surface area contributed by atoms with Crippen LogP contribution in [0.5, 0.6) is 0 Å². The molecule has 1 heteroatoms. The van der Waals surface area contributed by atoms with Gasteiger partial charge in [0.1, 0.15) is 0 Å². The zero-order valence-electron chi connectivity index (χ0n) is 11.2. The van der Waals surface area contributed by atoms with Gasteiger partial charge in [-0.15, -0.1) is 0 Å². The van der Waals surface area contributed by atoms with E-state index in [2.05, 4.69) is 75.2 Å². The number of benzene rings is 1. The Morgan fingerprint density at radius 1 is 1.12 bits per heavy atom. The summed E-state index contributed by atoms with van der Waals surface area (Å²) in [5.41, 5.74) is 4.30. The van der Waals surface area contributed by atoms with Gasteiger partial charge in [-0.05, 0) is 29.5 Å². The van der Waals surface area contributed by atoms with Crippen molar-refractivity contribution in [1.29, 1.82) is 0 Å². The van der Waals surface area contributed by atoms with Crippen LogP contribution in [0.3, 0.4) is 0 Å². The van der Waals surface area contributed by atoms with Crippen LogP contribution in [-0.4, -0.2) is 6.54 Å². The predicted molar refractivity (Wildman–Crippen MR) is 75.5 cm³/mol. The average molecular weight is 227 g/mol. The Balaban J connectivity index is 2.51. The molecule has 0 unspecified atom stereocenters. The molecule has 1 aliphatic heterocycles. The Morgan fingerprint density at radius 2 is 1.88 bits per heavy atom. The molecular weight excluding hydrogens is 206 g/mol. The largest absolute Gasteiger partial charge is 0.344 e. The fourth-order valence-corrected chi connectivity index (χ4v) is 2.28. The minimum absolute atomic E-state index is 0.177. The van der Waals surface area contributed by atoms with Gasteiger partial charge >= 0.3 is 0 Å². The molecule has 1 aliphatic rings. The minimum Gasteiger partial charge on any atom is -0.344 e. The highest BCUT2D eigenvalue weighted by Crippen LogP contribution is 2.35. The van der Waals surface area contributed by atoms with Crippen LogP contribution in [0.4, 0.5) is 5.69 Å². The van der Waals surface area contributed by atoms with Crippen LogP contribution in [-0.2, 0) is 5.41 Å². The lowest BCUT2D eigenvalue weighted by Gasteiger charge is -2.31. The Labute approximate surface area is 104 Å². The van der Waals surface area contributed by atoms with E-state index >= 15 is 0 Å². The smallest absolute Gasteiger partial charge is 0.0476 e. The summed E-state index contributed by atoms with van der Waals surface area (Å²) in [6.45, 7) is 9.97. The SMILES string of the molecule is Cc1cccc(C(C)(C)C)c1N1C=CC=CC1. The zero-order chi connectivity index (χ0) is 12.5. The monoisotopic (exact) mass is 227 g/mol. The summed E-state index contributed by atoms with van der Waals surface area (Å²) in [6, 6.07) is 6.59. The lowest BCUT2D eigenvalue weighted by Crippen LogP contribution is -2.24. The van der Waals surface area contributed by atoms with E-state index in [1.807, 2.05) is 0 Å². The summed E-state index contributed by atoms with van der Waals surface area (Å²) in [7, 11) is 0. The van der Waals surface area contributed by atoms with Gasteiger partial charge in [-0.25, -0.2) is 0 Å². The summed E-state index contributed by atoms with van der Waals surface area (Å²) in [5, 5.41) is 0. The maximum Gasteiger partial charge on any atom is 0.0476 e. The van der Waals surface area contributed by atoms with Crippen LogP contribution >= 0.6 is 0 Å². The van der Waals surface area contributed by atoms with Crippen molar-refractivity contribution in [3.05, 3.63) is 53.8 Å². The number of allylic oxidation sites excluding steroid dienone is 2. The van der Waals surface area contributed by atoms with Crippen molar-refractivity contribution < 1.29 is 0 Å². The number of para-hydroxylation sites is 1. The molecule has 0 saturated heterocycles. The molecule has 0 amide bonds. The number of aryl methyl sites for hydroxylation is 1. The third kappa shape index (κ3) is 2.44. The maximum atomic E-state index is 2.33. The highest BCUT2D eigenvalue weighted by molar-refractivity contribution is 5.64. The van der Waals surface area contributed by atoms with Gasteiger partial charge in [0.15, 0.2) is 0 Å². The molecule has 0 spiro atoms. The molecule has 0 aliphatic carbocycles. The van der Waals surface area contributed by atoms with Crippen molar-refractivity contribution >= 4 is 5.69 Å². The van der Waals surface area contributed by atoms with Crippen molar-refractivity contribution in [2.75, 3.05) is 11.4 Å². The van der Waals surface area contributed by atoms with Gasteiger partial charge in [-0.3, -0.25) is 0 Å². The lowest BCUT2D eigenvalue weighted by molar-refractivity contribution is 0.589. The van der Waals surface area contributed by atoms with Crippen LogP contribution in [0.15, 0.2) is 42.6 Å².